The van der Waals surface area contributed by atoms with E-state index in [-0.39, 0.29) is 24.9 Å². The molecule has 2 fully saturated rings. The molecule has 0 bridgehead atoms. The molecule has 0 radical (unpaired) electrons. The number of ether oxygens (including phenoxy) is 3. The second-order valence-corrected chi connectivity index (χ2v) is 7.43. The molecule has 7 nitrogen and oxygen atoms in total. The zero-order chi connectivity index (χ0) is 17.7. The molecular formula is C18H20ClN3O4. The van der Waals surface area contributed by atoms with Gasteiger partial charge in [-0.25, -0.2) is 4.98 Å². The summed E-state index contributed by atoms with van der Waals surface area (Å²) in [6.45, 7) is 0.626. The monoisotopic (exact) mass is 377 g/mol. The highest BCUT2D eigenvalue weighted by atomic mass is 35.5. The molecule has 2 saturated heterocycles. The van der Waals surface area contributed by atoms with E-state index in [0.29, 0.717) is 23.3 Å². The molecule has 0 saturated carbocycles. The number of aromatic amines is 1. The van der Waals surface area contributed by atoms with Gasteiger partial charge in [-0.05, 0) is 37.3 Å². The van der Waals surface area contributed by atoms with Gasteiger partial charge in [-0.1, -0.05) is 17.7 Å². The zero-order valence-corrected chi connectivity index (χ0v) is 14.9. The quantitative estimate of drug-likeness (QED) is 0.854. The Morgan fingerprint density at radius 1 is 1.19 bits per heavy atom. The molecule has 2 aromatic heterocycles. The molecule has 2 aliphatic heterocycles. The van der Waals surface area contributed by atoms with Gasteiger partial charge in [0.25, 0.3) is 6.01 Å². The van der Waals surface area contributed by atoms with Crippen molar-refractivity contribution in [2.75, 3.05) is 13.2 Å². The van der Waals surface area contributed by atoms with Crippen molar-refractivity contribution < 1.29 is 19.3 Å². The zero-order valence-electron chi connectivity index (χ0n) is 14.2. The molecule has 2 N–H and O–H groups in total. The molecule has 4 atom stereocenters. The fourth-order valence-electron chi connectivity index (χ4n) is 3.92. The van der Waals surface area contributed by atoms with Gasteiger partial charge in [0.2, 0.25) is 0 Å². The fourth-order valence-corrected chi connectivity index (χ4v) is 4.19. The number of aliphatic hydroxyl groups excluding tert-OH is 1. The van der Waals surface area contributed by atoms with Gasteiger partial charge in [0.15, 0.2) is 11.8 Å². The number of pyridine rings is 1. The van der Waals surface area contributed by atoms with Crippen molar-refractivity contribution in [2.45, 2.75) is 50.1 Å². The summed E-state index contributed by atoms with van der Waals surface area (Å²) in [5, 5.41) is 10.4. The molecule has 0 spiro atoms. The first kappa shape index (κ1) is 16.5. The Hall–Kier alpha value is -1.67. The average Bonchev–Trinajstić information content (AvgIpc) is 3.32. The number of halogens is 1. The van der Waals surface area contributed by atoms with E-state index in [1.807, 2.05) is 6.07 Å². The van der Waals surface area contributed by atoms with Crippen LogP contribution in [0.25, 0.3) is 16.7 Å². The summed E-state index contributed by atoms with van der Waals surface area (Å²) in [5.74, 6) is 0. The Morgan fingerprint density at radius 2 is 2.08 bits per heavy atom. The maximum absolute atomic E-state index is 9.82. The summed E-state index contributed by atoms with van der Waals surface area (Å²) in [7, 11) is 0. The van der Waals surface area contributed by atoms with Crippen molar-refractivity contribution in [3.63, 3.8) is 0 Å². The van der Waals surface area contributed by atoms with Crippen LogP contribution in [0.1, 0.15) is 31.4 Å². The molecule has 0 amide bonds. The summed E-state index contributed by atoms with van der Waals surface area (Å²) in [6, 6.07) is 2.20. The highest BCUT2D eigenvalue weighted by molar-refractivity contribution is 6.32. The Labute approximate surface area is 155 Å². The van der Waals surface area contributed by atoms with Crippen molar-refractivity contribution in [2.24, 2.45) is 0 Å². The van der Waals surface area contributed by atoms with Crippen LogP contribution in [0.4, 0.5) is 0 Å². The third-order valence-corrected chi connectivity index (χ3v) is 5.53. The lowest BCUT2D eigenvalue weighted by Crippen LogP contribution is -2.34. The topological polar surface area (TPSA) is 89.5 Å². The van der Waals surface area contributed by atoms with E-state index >= 15 is 0 Å². The molecule has 3 aliphatic rings. The molecule has 4 heterocycles. The molecule has 8 heteroatoms. The van der Waals surface area contributed by atoms with Crippen LogP contribution >= 0.6 is 11.6 Å². The first-order chi connectivity index (χ1) is 12.7. The third kappa shape index (κ3) is 2.79. The number of aliphatic hydroxyl groups is 1. The SMILES string of the molecule is O[C@@H]1COC2C1OC[C@H]2Oc1nc2nc(C3=CCCCC3)c(Cl)cc2[nH]1. The van der Waals surface area contributed by atoms with Crippen molar-refractivity contribution in [1.29, 1.82) is 0 Å². The van der Waals surface area contributed by atoms with Crippen molar-refractivity contribution in [1.82, 2.24) is 15.0 Å². The highest BCUT2D eigenvalue weighted by Crippen LogP contribution is 2.33. The highest BCUT2D eigenvalue weighted by Gasteiger charge is 2.48. The minimum atomic E-state index is -0.601. The lowest BCUT2D eigenvalue weighted by Gasteiger charge is -2.15. The van der Waals surface area contributed by atoms with E-state index in [1.54, 1.807) is 0 Å². The Bertz CT molecular complexity index is 867. The van der Waals surface area contributed by atoms with Crippen LogP contribution in [0, 0.1) is 0 Å². The van der Waals surface area contributed by atoms with Crippen LogP contribution in [-0.4, -0.2) is 57.7 Å². The van der Waals surface area contributed by atoms with Gasteiger partial charge in [-0.3, -0.25) is 0 Å². The summed E-state index contributed by atoms with van der Waals surface area (Å²) in [4.78, 5) is 12.2. The molecule has 26 heavy (non-hydrogen) atoms. The van der Waals surface area contributed by atoms with Crippen LogP contribution in [0.15, 0.2) is 12.1 Å². The van der Waals surface area contributed by atoms with E-state index in [0.717, 1.165) is 30.5 Å². The Balaban J connectivity index is 1.41. The first-order valence-electron chi connectivity index (χ1n) is 9.02. The Morgan fingerprint density at radius 3 is 2.92 bits per heavy atom. The van der Waals surface area contributed by atoms with Crippen LogP contribution in [0.3, 0.4) is 0 Å². The van der Waals surface area contributed by atoms with Crippen LogP contribution in [0.2, 0.25) is 5.02 Å². The van der Waals surface area contributed by atoms with E-state index in [4.69, 9.17) is 25.8 Å². The second kappa shape index (κ2) is 6.49. The van der Waals surface area contributed by atoms with E-state index < -0.39 is 6.10 Å². The molecule has 5 rings (SSSR count). The summed E-state index contributed by atoms with van der Waals surface area (Å²) >= 11 is 6.45. The lowest BCUT2D eigenvalue weighted by molar-refractivity contribution is 0.00706. The number of H-pyrrole nitrogens is 1. The van der Waals surface area contributed by atoms with Crippen molar-refractivity contribution in [3.05, 3.63) is 22.9 Å². The molecular weight excluding hydrogens is 358 g/mol. The predicted molar refractivity (Wildman–Crippen MR) is 95.2 cm³/mol. The van der Waals surface area contributed by atoms with Crippen molar-refractivity contribution >= 4 is 28.3 Å². The van der Waals surface area contributed by atoms with Gasteiger partial charge in [0, 0.05) is 0 Å². The van der Waals surface area contributed by atoms with Gasteiger partial charge in [-0.2, -0.15) is 4.98 Å². The van der Waals surface area contributed by atoms with Crippen LogP contribution < -0.4 is 4.74 Å². The largest absolute Gasteiger partial charge is 0.456 e. The van der Waals surface area contributed by atoms with E-state index in [2.05, 4.69) is 21.0 Å². The maximum Gasteiger partial charge on any atom is 0.296 e. The normalized spacial score (nSPS) is 31.2. The molecule has 2 aromatic rings. The smallest absolute Gasteiger partial charge is 0.296 e. The van der Waals surface area contributed by atoms with Crippen LogP contribution in [0.5, 0.6) is 6.01 Å². The fraction of sp³-hybridized carbons (Fsp3) is 0.556. The minimum Gasteiger partial charge on any atom is -0.456 e. The van der Waals surface area contributed by atoms with Gasteiger partial charge in [0.1, 0.15) is 18.3 Å². The standard InChI is InChI=1S/C18H20ClN3O4/c19-10-6-11-17(21-14(10)9-4-2-1-3-5-9)22-18(20-11)26-13-8-25-15-12(23)7-24-16(13)15/h4,6,12-13,15-16,23H,1-3,5,7-8H2,(H,20,21,22)/t12-,13-,15?,16?/m1/s1. The van der Waals surface area contributed by atoms with Gasteiger partial charge in [-0.15, -0.1) is 0 Å². The number of aromatic nitrogens is 3. The number of allylic oxidation sites excluding steroid dienone is 2. The first-order valence-corrected chi connectivity index (χ1v) is 9.40. The molecule has 1 aliphatic carbocycles. The number of imidazole rings is 1. The summed E-state index contributed by atoms with van der Waals surface area (Å²) in [5.41, 5.74) is 3.30. The molecule has 0 aromatic carbocycles. The van der Waals surface area contributed by atoms with E-state index in [1.165, 1.54) is 12.0 Å². The van der Waals surface area contributed by atoms with Gasteiger partial charge >= 0.3 is 0 Å². The summed E-state index contributed by atoms with van der Waals surface area (Å²) < 4.78 is 17.1. The number of nitrogens with one attached hydrogen (secondary N) is 1. The van der Waals surface area contributed by atoms with Crippen molar-refractivity contribution in [3.8, 4) is 6.01 Å². The van der Waals surface area contributed by atoms with Gasteiger partial charge < -0.3 is 24.3 Å². The number of hydrogen-bond donors (Lipinski definition) is 2. The Kier molecular flexibility index (Phi) is 4.12. The van der Waals surface area contributed by atoms with Crippen LogP contribution in [-0.2, 0) is 9.47 Å². The lowest BCUT2D eigenvalue weighted by atomic mass is 9.97. The second-order valence-electron chi connectivity index (χ2n) is 7.03. The maximum atomic E-state index is 9.82. The van der Waals surface area contributed by atoms with E-state index in [9.17, 15) is 5.11 Å². The number of rotatable bonds is 3. The average molecular weight is 378 g/mol. The van der Waals surface area contributed by atoms with Gasteiger partial charge in [0.05, 0.1) is 29.4 Å². The molecule has 2 unspecified atom stereocenters. The predicted octanol–water partition coefficient (Wildman–Crippen LogP) is 2.47. The number of nitrogens with zero attached hydrogens (tertiary/aromatic N) is 2. The minimum absolute atomic E-state index is 0.269. The number of fused-ring (bicyclic) bond motifs is 2. The summed E-state index contributed by atoms with van der Waals surface area (Å²) in [6.07, 6.45) is 5.12. The molecule has 138 valence electrons. The third-order valence-electron chi connectivity index (χ3n) is 5.24. The number of hydrogen-bond acceptors (Lipinski definition) is 6.